The second-order valence-electron chi connectivity index (χ2n) is 2.40. The van der Waals surface area contributed by atoms with E-state index in [0.29, 0.717) is 5.57 Å². The highest BCUT2D eigenvalue weighted by atomic mass is 16.5. The topological polar surface area (TPSA) is 26.3 Å². The molecule has 0 aliphatic rings. The molecular weight excluding hydrogens is 140 g/mol. The van der Waals surface area contributed by atoms with Gasteiger partial charge in [0.1, 0.15) is 0 Å². The summed E-state index contributed by atoms with van der Waals surface area (Å²) < 4.78 is 4.92. The maximum atomic E-state index is 10.8. The van der Waals surface area contributed by atoms with E-state index in [1.807, 2.05) is 13.8 Å². The zero-order valence-electron chi connectivity index (χ0n) is 7.81. The Balaban J connectivity index is 0. The van der Waals surface area contributed by atoms with E-state index in [9.17, 15) is 4.79 Å². The van der Waals surface area contributed by atoms with E-state index in [2.05, 4.69) is 6.58 Å². The maximum absolute atomic E-state index is 10.8. The number of rotatable bonds is 3. The number of carbonyl (C=O) groups is 1. The Morgan fingerprint density at radius 3 is 2.36 bits per heavy atom. The van der Waals surface area contributed by atoms with Gasteiger partial charge in [-0.1, -0.05) is 20.9 Å². The van der Waals surface area contributed by atoms with Crippen LogP contribution in [0.3, 0.4) is 0 Å². The van der Waals surface area contributed by atoms with E-state index in [-0.39, 0.29) is 19.5 Å². The second kappa shape index (κ2) is 5.96. The first-order chi connectivity index (χ1) is 4.57. The molecule has 0 aromatic rings. The van der Waals surface area contributed by atoms with E-state index < -0.39 is 0 Å². The van der Waals surface area contributed by atoms with Crippen molar-refractivity contribution in [3.8, 4) is 0 Å². The van der Waals surface area contributed by atoms with Gasteiger partial charge >= 0.3 is 5.97 Å². The molecule has 0 rings (SSSR count). The van der Waals surface area contributed by atoms with Crippen molar-refractivity contribution in [1.82, 2.24) is 0 Å². The van der Waals surface area contributed by atoms with Gasteiger partial charge in [-0.15, -0.1) is 0 Å². The van der Waals surface area contributed by atoms with Crippen LogP contribution in [-0.2, 0) is 9.53 Å². The van der Waals surface area contributed by atoms with Gasteiger partial charge in [-0.25, -0.2) is 4.79 Å². The highest BCUT2D eigenvalue weighted by molar-refractivity contribution is 5.87. The molecule has 65 valence electrons. The van der Waals surface area contributed by atoms with Crippen LogP contribution in [0.15, 0.2) is 12.2 Å². The van der Waals surface area contributed by atoms with Gasteiger partial charge in [-0.05, 0) is 20.3 Å². The molecule has 0 aromatic heterocycles. The average Bonchev–Trinajstić information content (AvgIpc) is 1.87. The first kappa shape index (κ1) is 12.8. The van der Waals surface area contributed by atoms with Crippen molar-refractivity contribution in [1.29, 1.82) is 0 Å². The Morgan fingerprint density at radius 1 is 1.64 bits per heavy atom. The van der Waals surface area contributed by atoms with Gasteiger partial charge in [0.25, 0.3) is 0 Å². The standard InChI is InChI=1S/C8H14O2.CH3/c1-5-7(4)10-8(9)6(2)3;/h7H,2,5H2,1,3-4H3;1H3. The minimum atomic E-state index is -0.297. The van der Waals surface area contributed by atoms with Crippen LogP contribution in [-0.4, -0.2) is 12.1 Å². The lowest BCUT2D eigenvalue weighted by Gasteiger charge is -2.09. The molecule has 0 fully saturated rings. The van der Waals surface area contributed by atoms with Crippen LogP contribution >= 0.6 is 0 Å². The minimum Gasteiger partial charge on any atom is -0.459 e. The Kier molecular flexibility index (Phi) is 6.96. The van der Waals surface area contributed by atoms with Gasteiger partial charge in [0.05, 0.1) is 6.10 Å². The van der Waals surface area contributed by atoms with Gasteiger partial charge in [0.2, 0.25) is 0 Å². The molecule has 1 radical (unpaired) electrons. The highest BCUT2D eigenvalue weighted by Crippen LogP contribution is 2.00. The molecule has 2 nitrogen and oxygen atoms in total. The minimum absolute atomic E-state index is 0. The van der Waals surface area contributed by atoms with E-state index >= 15 is 0 Å². The molecule has 0 saturated heterocycles. The molecule has 0 N–H and O–H groups in total. The first-order valence-corrected chi connectivity index (χ1v) is 3.44. The quantitative estimate of drug-likeness (QED) is 0.464. The van der Waals surface area contributed by atoms with Crippen LogP contribution < -0.4 is 0 Å². The van der Waals surface area contributed by atoms with Crippen LogP contribution in [0.2, 0.25) is 0 Å². The summed E-state index contributed by atoms with van der Waals surface area (Å²) >= 11 is 0. The molecule has 0 aromatic carbocycles. The Labute approximate surface area is 69.3 Å². The Morgan fingerprint density at radius 2 is 2.09 bits per heavy atom. The van der Waals surface area contributed by atoms with E-state index in [0.717, 1.165) is 6.42 Å². The molecule has 0 heterocycles. The molecule has 2 heteroatoms. The molecular formula is C9H17O2. The van der Waals surface area contributed by atoms with Crippen molar-refractivity contribution in [2.75, 3.05) is 0 Å². The monoisotopic (exact) mass is 157 g/mol. The van der Waals surface area contributed by atoms with Crippen molar-refractivity contribution < 1.29 is 9.53 Å². The number of carbonyl (C=O) groups excluding carboxylic acids is 1. The lowest BCUT2D eigenvalue weighted by atomic mass is 10.3. The van der Waals surface area contributed by atoms with Crippen LogP contribution in [0.5, 0.6) is 0 Å². The van der Waals surface area contributed by atoms with Crippen LogP contribution in [0.4, 0.5) is 0 Å². The molecule has 0 bridgehead atoms. The van der Waals surface area contributed by atoms with Crippen LogP contribution in [0, 0.1) is 7.43 Å². The molecule has 1 atom stereocenters. The number of ether oxygens (including phenoxy) is 1. The maximum Gasteiger partial charge on any atom is 0.333 e. The number of hydrogen-bond donors (Lipinski definition) is 0. The smallest absolute Gasteiger partial charge is 0.333 e. The predicted molar refractivity (Wildman–Crippen MR) is 47.1 cm³/mol. The van der Waals surface area contributed by atoms with Gasteiger partial charge in [0.15, 0.2) is 0 Å². The van der Waals surface area contributed by atoms with E-state index in [4.69, 9.17) is 4.74 Å². The molecule has 0 aliphatic heterocycles. The van der Waals surface area contributed by atoms with Crippen LogP contribution in [0.1, 0.15) is 27.2 Å². The van der Waals surface area contributed by atoms with E-state index in [1.54, 1.807) is 6.92 Å². The normalized spacial score (nSPS) is 11.2. The molecule has 0 amide bonds. The summed E-state index contributed by atoms with van der Waals surface area (Å²) in [5.41, 5.74) is 0.459. The number of esters is 1. The predicted octanol–water partition coefficient (Wildman–Crippen LogP) is 2.35. The zero-order valence-corrected chi connectivity index (χ0v) is 7.81. The lowest BCUT2D eigenvalue weighted by molar-refractivity contribution is -0.143. The summed E-state index contributed by atoms with van der Waals surface area (Å²) in [5, 5.41) is 0. The van der Waals surface area contributed by atoms with Crippen molar-refractivity contribution >= 4 is 5.97 Å². The summed E-state index contributed by atoms with van der Waals surface area (Å²) in [6.07, 6.45) is 0.850. The lowest BCUT2D eigenvalue weighted by Crippen LogP contribution is -2.13. The number of hydrogen-bond acceptors (Lipinski definition) is 2. The Bertz CT molecular complexity index is 138. The third kappa shape index (κ3) is 5.64. The van der Waals surface area contributed by atoms with Crippen LogP contribution in [0.25, 0.3) is 0 Å². The van der Waals surface area contributed by atoms with Crippen molar-refractivity contribution in [3.05, 3.63) is 19.6 Å². The van der Waals surface area contributed by atoms with Crippen molar-refractivity contribution in [2.45, 2.75) is 33.3 Å². The van der Waals surface area contributed by atoms with Gasteiger partial charge in [0, 0.05) is 5.57 Å². The van der Waals surface area contributed by atoms with Crippen molar-refractivity contribution in [3.63, 3.8) is 0 Å². The zero-order chi connectivity index (χ0) is 8.15. The average molecular weight is 157 g/mol. The SMILES string of the molecule is C=C(C)C(=O)OC(C)CC.[CH3]. The van der Waals surface area contributed by atoms with Gasteiger partial charge in [-0.3, -0.25) is 0 Å². The summed E-state index contributed by atoms with van der Waals surface area (Å²) in [4.78, 5) is 10.8. The third-order valence-corrected chi connectivity index (χ3v) is 1.23. The van der Waals surface area contributed by atoms with Crippen molar-refractivity contribution in [2.24, 2.45) is 0 Å². The largest absolute Gasteiger partial charge is 0.459 e. The summed E-state index contributed by atoms with van der Waals surface area (Å²) in [7, 11) is 0. The summed E-state index contributed by atoms with van der Waals surface area (Å²) in [5.74, 6) is -0.297. The fraction of sp³-hybridized carbons (Fsp3) is 0.556. The summed E-state index contributed by atoms with van der Waals surface area (Å²) in [6.45, 7) is 8.94. The Hall–Kier alpha value is -0.790. The first-order valence-electron chi connectivity index (χ1n) is 3.44. The third-order valence-electron chi connectivity index (χ3n) is 1.23. The fourth-order valence-electron chi connectivity index (χ4n) is 0.367. The molecule has 0 aliphatic carbocycles. The molecule has 0 spiro atoms. The molecule has 0 saturated carbocycles. The summed E-state index contributed by atoms with van der Waals surface area (Å²) in [6, 6.07) is 0. The molecule has 1 unspecified atom stereocenters. The fourth-order valence-corrected chi connectivity index (χ4v) is 0.367. The van der Waals surface area contributed by atoms with Gasteiger partial charge < -0.3 is 4.74 Å². The second-order valence-corrected chi connectivity index (χ2v) is 2.40. The highest BCUT2D eigenvalue weighted by Gasteiger charge is 2.06. The van der Waals surface area contributed by atoms with Gasteiger partial charge in [-0.2, -0.15) is 0 Å². The van der Waals surface area contributed by atoms with E-state index in [1.165, 1.54) is 0 Å². The molecule has 11 heavy (non-hydrogen) atoms.